The summed E-state index contributed by atoms with van der Waals surface area (Å²) in [4.78, 5) is 24.9. The first-order valence-electron chi connectivity index (χ1n) is 5.97. The van der Waals surface area contributed by atoms with Crippen molar-refractivity contribution in [2.24, 2.45) is 5.73 Å². The second kappa shape index (κ2) is 3.96. The Morgan fingerprint density at radius 3 is 2.71 bits per heavy atom. The molecule has 2 saturated heterocycles. The first-order chi connectivity index (χ1) is 7.92. The molecular weight excluding hydrogens is 222 g/mol. The standard InChI is InChI=1S/C11H19N3O3/c1-6(15)8(9(12)16)14-7(2)11(10(14)17)4-3-5-13-11/h6-8,13,15H,3-5H2,1-2H3,(H2,12,16)/t6-,7?,8+,11+/m1/s1. The zero-order valence-corrected chi connectivity index (χ0v) is 10.1. The summed E-state index contributed by atoms with van der Waals surface area (Å²) >= 11 is 0. The molecule has 1 spiro atoms. The fraction of sp³-hybridized carbons (Fsp3) is 0.818. The van der Waals surface area contributed by atoms with Crippen LogP contribution in [0.1, 0.15) is 26.7 Å². The summed E-state index contributed by atoms with van der Waals surface area (Å²) in [5, 5.41) is 12.8. The van der Waals surface area contributed by atoms with Gasteiger partial charge in [-0.3, -0.25) is 9.59 Å². The highest BCUT2D eigenvalue weighted by molar-refractivity contribution is 5.98. The van der Waals surface area contributed by atoms with Crippen molar-refractivity contribution in [2.75, 3.05) is 6.54 Å². The summed E-state index contributed by atoms with van der Waals surface area (Å²) in [6.07, 6.45) is 0.798. The van der Waals surface area contributed by atoms with E-state index in [0.717, 1.165) is 19.4 Å². The predicted molar refractivity (Wildman–Crippen MR) is 60.9 cm³/mol. The van der Waals surface area contributed by atoms with E-state index in [1.165, 1.54) is 11.8 Å². The Bertz CT molecular complexity index is 350. The van der Waals surface area contributed by atoms with Crippen LogP contribution in [0.2, 0.25) is 0 Å². The summed E-state index contributed by atoms with van der Waals surface area (Å²) in [6.45, 7) is 4.18. The lowest BCUT2D eigenvalue weighted by atomic mass is 9.76. The Labute approximate surface area is 100 Å². The van der Waals surface area contributed by atoms with Crippen LogP contribution in [0.3, 0.4) is 0 Å². The minimum Gasteiger partial charge on any atom is -0.391 e. The third kappa shape index (κ3) is 1.55. The number of aliphatic hydroxyl groups is 1. The second-order valence-electron chi connectivity index (χ2n) is 4.98. The molecule has 0 saturated carbocycles. The van der Waals surface area contributed by atoms with Gasteiger partial charge in [0.2, 0.25) is 11.8 Å². The van der Waals surface area contributed by atoms with Crippen molar-refractivity contribution in [1.29, 1.82) is 0 Å². The molecule has 0 aromatic rings. The highest BCUT2D eigenvalue weighted by Gasteiger charge is 2.62. The SMILES string of the molecule is CC1N([C@H](C(N)=O)[C@@H](C)O)C(=O)[C@]12CCCN2. The van der Waals surface area contributed by atoms with Crippen LogP contribution < -0.4 is 11.1 Å². The number of aliphatic hydroxyl groups excluding tert-OH is 1. The Balaban J connectivity index is 2.20. The third-order valence-corrected chi connectivity index (χ3v) is 3.98. The van der Waals surface area contributed by atoms with E-state index in [0.29, 0.717) is 0 Å². The molecule has 4 N–H and O–H groups in total. The Morgan fingerprint density at radius 2 is 2.35 bits per heavy atom. The number of hydrogen-bond donors (Lipinski definition) is 3. The number of carbonyl (C=O) groups is 2. The zero-order valence-electron chi connectivity index (χ0n) is 10.1. The van der Waals surface area contributed by atoms with E-state index in [1.54, 1.807) is 0 Å². The van der Waals surface area contributed by atoms with Crippen LogP contribution in [-0.2, 0) is 9.59 Å². The van der Waals surface area contributed by atoms with Crippen molar-refractivity contribution in [3.8, 4) is 0 Å². The van der Waals surface area contributed by atoms with Crippen LogP contribution in [0.15, 0.2) is 0 Å². The van der Waals surface area contributed by atoms with Crippen molar-refractivity contribution >= 4 is 11.8 Å². The van der Waals surface area contributed by atoms with E-state index in [4.69, 9.17) is 5.73 Å². The number of nitrogens with one attached hydrogen (secondary N) is 1. The lowest BCUT2D eigenvalue weighted by Crippen LogP contribution is -2.80. The number of nitrogens with two attached hydrogens (primary N) is 1. The second-order valence-corrected chi connectivity index (χ2v) is 4.98. The number of nitrogens with zero attached hydrogens (tertiary/aromatic N) is 1. The molecule has 0 aromatic heterocycles. The Hall–Kier alpha value is -1.14. The molecule has 0 bridgehead atoms. The molecule has 0 aliphatic carbocycles. The van der Waals surface area contributed by atoms with E-state index < -0.39 is 23.6 Å². The van der Waals surface area contributed by atoms with Gasteiger partial charge in [-0.15, -0.1) is 0 Å². The van der Waals surface area contributed by atoms with Crippen LogP contribution in [-0.4, -0.2) is 52.1 Å². The maximum Gasteiger partial charge on any atom is 0.246 e. The number of primary amides is 1. The summed E-state index contributed by atoms with van der Waals surface area (Å²) in [5.74, 6) is -0.778. The van der Waals surface area contributed by atoms with Crippen molar-refractivity contribution in [3.63, 3.8) is 0 Å². The summed E-state index contributed by atoms with van der Waals surface area (Å²) in [6, 6.07) is -1.03. The maximum atomic E-state index is 12.2. The number of β-lactam (4-membered cyclic amide) rings is 1. The maximum absolute atomic E-state index is 12.2. The van der Waals surface area contributed by atoms with Gasteiger partial charge < -0.3 is 21.1 Å². The van der Waals surface area contributed by atoms with Crippen LogP contribution >= 0.6 is 0 Å². The van der Waals surface area contributed by atoms with Gasteiger partial charge in [0.25, 0.3) is 0 Å². The zero-order chi connectivity index (χ0) is 12.8. The average molecular weight is 241 g/mol. The van der Waals surface area contributed by atoms with Crippen LogP contribution in [0, 0.1) is 0 Å². The van der Waals surface area contributed by atoms with Gasteiger partial charge in [-0.1, -0.05) is 0 Å². The number of rotatable bonds is 3. The third-order valence-electron chi connectivity index (χ3n) is 3.98. The summed E-state index contributed by atoms with van der Waals surface area (Å²) in [5.41, 5.74) is 4.72. The molecule has 1 unspecified atom stereocenters. The Morgan fingerprint density at radius 1 is 1.71 bits per heavy atom. The summed E-state index contributed by atoms with van der Waals surface area (Å²) < 4.78 is 0. The minimum absolute atomic E-state index is 0.107. The molecule has 6 nitrogen and oxygen atoms in total. The minimum atomic E-state index is -0.947. The van der Waals surface area contributed by atoms with E-state index in [9.17, 15) is 14.7 Å². The van der Waals surface area contributed by atoms with E-state index >= 15 is 0 Å². The first kappa shape index (κ1) is 12.3. The van der Waals surface area contributed by atoms with Crippen molar-refractivity contribution in [3.05, 3.63) is 0 Å². The fourth-order valence-electron chi connectivity index (χ4n) is 3.04. The van der Waals surface area contributed by atoms with Crippen LogP contribution in [0.4, 0.5) is 0 Å². The largest absolute Gasteiger partial charge is 0.391 e. The molecule has 6 heteroatoms. The number of carbonyl (C=O) groups excluding carboxylic acids is 2. The van der Waals surface area contributed by atoms with Gasteiger partial charge in [0.1, 0.15) is 11.6 Å². The molecule has 2 aliphatic rings. The summed E-state index contributed by atoms with van der Waals surface area (Å²) in [7, 11) is 0. The molecule has 17 heavy (non-hydrogen) atoms. The first-order valence-corrected chi connectivity index (χ1v) is 5.97. The highest BCUT2D eigenvalue weighted by atomic mass is 16.3. The van der Waals surface area contributed by atoms with Crippen molar-refractivity contribution in [2.45, 2.75) is 50.4 Å². The molecule has 96 valence electrons. The number of likely N-dealkylation sites (tertiary alicyclic amines) is 1. The van der Waals surface area contributed by atoms with E-state index in [2.05, 4.69) is 5.32 Å². The number of hydrogen-bond acceptors (Lipinski definition) is 4. The highest BCUT2D eigenvalue weighted by Crippen LogP contribution is 2.39. The molecule has 2 fully saturated rings. The van der Waals surface area contributed by atoms with Crippen LogP contribution in [0.5, 0.6) is 0 Å². The molecule has 0 radical (unpaired) electrons. The quantitative estimate of drug-likeness (QED) is 0.528. The molecular formula is C11H19N3O3. The Kier molecular flexibility index (Phi) is 2.87. The van der Waals surface area contributed by atoms with Gasteiger partial charge in [-0.2, -0.15) is 0 Å². The van der Waals surface area contributed by atoms with Gasteiger partial charge in [0.05, 0.1) is 12.1 Å². The van der Waals surface area contributed by atoms with E-state index in [1.807, 2.05) is 6.92 Å². The molecule has 0 aromatic carbocycles. The van der Waals surface area contributed by atoms with Crippen molar-refractivity contribution < 1.29 is 14.7 Å². The topological polar surface area (TPSA) is 95.7 Å². The van der Waals surface area contributed by atoms with Gasteiger partial charge in [-0.25, -0.2) is 0 Å². The van der Waals surface area contributed by atoms with Crippen LogP contribution in [0.25, 0.3) is 0 Å². The molecule has 2 rings (SSSR count). The van der Waals surface area contributed by atoms with Gasteiger partial charge in [0, 0.05) is 0 Å². The lowest BCUT2D eigenvalue weighted by molar-refractivity contribution is -0.172. The predicted octanol–water partition coefficient (Wildman–Crippen LogP) is -1.43. The van der Waals surface area contributed by atoms with Gasteiger partial charge in [-0.05, 0) is 33.2 Å². The van der Waals surface area contributed by atoms with E-state index in [-0.39, 0.29) is 11.9 Å². The average Bonchev–Trinajstić information content (AvgIpc) is 2.74. The molecule has 2 heterocycles. The number of amides is 2. The molecule has 2 amide bonds. The molecule has 2 aliphatic heterocycles. The monoisotopic (exact) mass is 241 g/mol. The normalized spacial score (nSPS) is 35.8. The fourth-order valence-corrected chi connectivity index (χ4v) is 3.04. The lowest BCUT2D eigenvalue weighted by Gasteiger charge is -2.56. The van der Waals surface area contributed by atoms with Gasteiger partial charge >= 0.3 is 0 Å². The van der Waals surface area contributed by atoms with Gasteiger partial charge in [0.15, 0.2) is 0 Å². The van der Waals surface area contributed by atoms with Crippen molar-refractivity contribution in [1.82, 2.24) is 10.2 Å². The smallest absolute Gasteiger partial charge is 0.246 e. The molecule has 4 atom stereocenters.